The van der Waals surface area contributed by atoms with Crippen LogP contribution in [-0.4, -0.2) is 41.5 Å². The molecule has 0 bridgehead atoms. The third-order valence-corrected chi connectivity index (χ3v) is 4.80. The number of benzene rings is 1. The van der Waals surface area contributed by atoms with Crippen LogP contribution >= 0.6 is 11.6 Å². The Kier molecular flexibility index (Phi) is 8.31. The van der Waals surface area contributed by atoms with Gasteiger partial charge in [0.2, 0.25) is 0 Å². The van der Waals surface area contributed by atoms with Gasteiger partial charge in [0, 0.05) is 12.7 Å². The molecule has 1 heterocycles. The normalized spacial score (nSPS) is 15.1. The van der Waals surface area contributed by atoms with Crippen molar-refractivity contribution in [1.29, 1.82) is 0 Å². The molecule has 33 heavy (non-hydrogen) atoms. The minimum atomic E-state index is -5.09. The molecule has 2 atom stereocenters. The quantitative estimate of drug-likeness (QED) is 0.408. The van der Waals surface area contributed by atoms with Crippen LogP contribution in [0.4, 0.5) is 30.7 Å². The van der Waals surface area contributed by atoms with E-state index in [-0.39, 0.29) is 23.4 Å². The number of hydrogen-bond acceptors (Lipinski definition) is 5. The van der Waals surface area contributed by atoms with E-state index in [2.05, 4.69) is 10.3 Å². The first-order valence-corrected chi connectivity index (χ1v) is 9.72. The Morgan fingerprint density at radius 1 is 1.15 bits per heavy atom. The lowest BCUT2D eigenvalue weighted by Gasteiger charge is -2.36. The number of nitrogens with one attached hydrogen (secondary N) is 1. The number of nitrogens with zero attached hydrogens (tertiary/aromatic N) is 1. The van der Waals surface area contributed by atoms with E-state index in [4.69, 9.17) is 16.3 Å². The van der Waals surface area contributed by atoms with E-state index in [1.54, 1.807) is 0 Å². The number of hydrogen-bond donors (Lipinski definition) is 2. The number of rotatable bonds is 8. The monoisotopic (exact) mass is 502 g/mol. The number of aliphatic hydroxyl groups is 1. The second-order valence-corrected chi connectivity index (χ2v) is 7.35. The topological polar surface area (TPSA) is 71.5 Å². The van der Waals surface area contributed by atoms with Gasteiger partial charge in [-0.15, -0.1) is 0 Å². The molecular weight excluding hydrogens is 485 g/mol. The maximum absolute atomic E-state index is 14.2. The molecule has 0 aliphatic carbocycles. The Morgan fingerprint density at radius 2 is 1.79 bits per heavy atom. The SMILES string of the molecule is CCOC(=O)C[C@](NCC(O)C(F)(F)F)(c1cc(F)cc(C(F)(F)F)c1)c1ccc(Cl)cn1. The second kappa shape index (κ2) is 10.2. The van der Waals surface area contributed by atoms with Crippen LogP contribution in [-0.2, 0) is 21.2 Å². The van der Waals surface area contributed by atoms with Gasteiger partial charge in [0.05, 0.1) is 34.8 Å². The summed E-state index contributed by atoms with van der Waals surface area (Å²) in [7, 11) is 0. The lowest BCUT2D eigenvalue weighted by molar-refractivity contribution is -0.202. The van der Waals surface area contributed by atoms with Gasteiger partial charge in [0.25, 0.3) is 0 Å². The van der Waals surface area contributed by atoms with Crippen molar-refractivity contribution in [2.24, 2.45) is 0 Å². The Bertz CT molecular complexity index is 968. The summed E-state index contributed by atoms with van der Waals surface area (Å²) in [5.41, 5.74) is -4.51. The van der Waals surface area contributed by atoms with Gasteiger partial charge in [-0.3, -0.25) is 15.1 Å². The zero-order chi connectivity index (χ0) is 25.0. The Labute approximate surface area is 188 Å². The molecule has 1 aromatic carbocycles. The maximum Gasteiger partial charge on any atom is 0.416 e. The van der Waals surface area contributed by atoms with Crippen molar-refractivity contribution < 1.29 is 45.4 Å². The van der Waals surface area contributed by atoms with Gasteiger partial charge in [0.1, 0.15) is 5.82 Å². The standard InChI is InChI=1S/C20H18ClF7N2O3/c1-2-33-17(32)8-18(15-4-3-13(21)9-29-15,30-10-16(31)20(26,27)28)11-5-12(19(23,24)25)7-14(22)6-11/h3-7,9,16,30-31H,2,8,10H2,1H3/t16?,18-/m0/s1. The Balaban J connectivity index is 2.76. The average Bonchev–Trinajstić information content (AvgIpc) is 2.70. The highest BCUT2D eigenvalue weighted by atomic mass is 35.5. The van der Waals surface area contributed by atoms with E-state index < -0.39 is 59.9 Å². The fraction of sp³-hybridized carbons (Fsp3) is 0.400. The summed E-state index contributed by atoms with van der Waals surface area (Å²) in [6.07, 6.45) is -12.9. The molecule has 2 rings (SSSR count). The molecule has 0 saturated carbocycles. The van der Waals surface area contributed by atoms with Crippen LogP contribution in [0, 0.1) is 5.82 Å². The van der Waals surface area contributed by atoms with Gasteiger partial charge in [-0.05, 0) is 42.8 Å². The van der Waals surface area contributed by atoms with Crippen LogP contribution < -0.4 is 5.32 Å². The third-order valence-electron chi connectivity index (χ3n) is 4.57. The molecule has 182 valence electrons. The van der Waals surface area contributed by atoms with E-state index in [1.165, 1.54) is 13.0 Å². The van der Waals surface area contributed by atoms with Gasteiger partial charge in [0.15, 0.2) is 6.10 Å². The molecular formula is C20H18ClF7N2O3. The maximum atomic E-state index is 14.2. The van der Waals surface area contributed by atoms with E-state index in [1.807, 2.05) is 0 Å². The van der Waals surface area contributed by atoms with Gasteiger partial charge in [-0.2, -0.15) is 26.3 Å². The highest BCUT2D eigenvalue weighted by Crippen LogP contribution is 2.38. The first kappa shape index (κ1) is 26.8. The first-order chi connectivity index (χ1) is 15.2. The highest BCUT2D eigenvalue weighted by molar-refractivity contribution is 6.30. The summed E-state index contributed by atoms with van der Waals surface area (Å²) in [5.74, 6) is -2.39. The zero-order valence-corrected chi connectivity index (χ0v) is 17.7. The molecule has 2 aromatic rings. The van der Waals surface area contributed by atoms with Gasteiger partial charge < -0.3 is 9.84 Å². The Morgan fingerprint density at radius 3 is 2.30 bits per heavy atom. The van der Waals surface area contributed by atoms with Crippen LogP contribution in [0.15, 0.2) is 36.5 Å². The lowest BCUT2D eigenvalue weighted by atomic mass is 9.81. The van der Waals surface area contributed by atoms with Crippen molar-refractivity contribution in [2.45, 2.75) is 37.3 Å². The highest BCUT2D eigenvalue weighted by Gasteiger charge is 2.44. The van der Waals surface area contributed by atoms with Gasteiger partial charge in [-0.1, -0.05) is 11.6 Å². The second-order valence-electron chi connectivity index (χ2n) is 6.91. The summed E-state index contributed by atoms with van der Waals surface area (Å²) in [6.45, 7) is 0.0288. The van der Waals surface area contributed by atoms with Crippen molar-refractivity contribution in [3.63, 3.8) is 0 Å². The van der Waals surface area contributed by atoms with Crippen molar-refractivity contribution >= 4 is 17.6 Å². The van der Waals surface area contributed by atoms with Crippen LogP contribution in [0.3, 0.4) is 0 Å². The molecule has 0 aliphatic heterocycles. The average molecular weight is 503 g/mol. The number of carbonyl (C=O) groups excluding carboxylic acids is 1. The summed E-state index contributed by atoms with van der Waals surface area (Å²) < 4.78 is 97.9. The smallest absolute Gasteiger partial charge is 0.416 e. The number of ether oxygens (including phenoxy) is 1. The summed E-state index contributed by atoms with van der Waals surface area (Å²) in [4.78, 5) is 16.3. The molecule has 0 aliphatic rings. The predicted molar refractivity (Wildman–Crippen MR) is 103 cm³/mol. The summed E-state index contributed by atoms with van der Waals surface area (Å²) in [5, 5.41) is 11.8. The summed E-state index contributed by atoms with van der Waals surface area (Å²) >= 11 is 5.79. The molecule has 1 unspecified atom stereocenters. The first-order valence-electron chi connectivity index (χ1n) is 9.34. The van der Waals surface area contributed by atoms with E-state index in [9.17, 15) is 40.6 Å². The van der Waals surface area contributed by atoms with Crippen molar-refractivity contribution in [1.82, 2.24) is 10.3 Å². The van der Waals surface area contributed by atoms with Crippen LogP contribution in [0.25, 0.3) is 0 Å². The number of pyridine rings is 1. The number of aliphatic hydroxyl groups excluding tert-OH is 1. The number of esters is 1. The molecule has 0 saturated heterocycles. The Hall–Kier alpha value is -2.44. The zero-order valence-electron chi connectivity index (χ0n) is 16.9. The molecule has 5 nitrogen and oxygen atoms in total. The fourth-order valence-electron chi connectivity index (χ4n) is 3.04. The van der Waals surface area contributed by atoms with Crippen LogP contribution in [0.5, 0.6) is 0 Å². The fourth-order valence-corrected chi connectivity index (χ4v) is 3.15. The minimum absolute atomic E-state index is 0.0781. The summed E-state index contributed by atoms with van der Waals surface area (Å²) in [6, 6.07) is 3.67. The van der Waals surface area contributed by atoms with Crippen molar-refractivity contribution in [3.05, 3.63) is 64.2 Å². The lowest BCUT2D eigenvalue weighted by Crippen LogP contribution is -2.51. The number of alkyl halides is 6. The van der Waals surface area contributed by atoms with Crippen LogP contribution in [0.1, 0.15) is 30.2 Å². The third kappa shape index (κ3) is 6.78. The molecule has 1 aromatic heterocycles. The molecule has 2 N–H and O–H groups in total. The van der Waals surface area contributed by atoms with E-state index >= 15 is 0 Å². The number of halogens is 8. The van der Waals surface area contributed by atoms with Crippen molar-refractivity contribution in [3.8, 4) is 0 Å². The number of carbonyl (C=O) groups is 1. The van der Waals surface area contributed by atoms with Crippen molar-refractivity contribution in [2.75, 3.05) is 13.2 Å². The predicted octanol–water partition coefficient (Wildman–Crippen LogP) is 4.60. The molecule has 0 fully saturated rings. The largest absolute Gasteiger partial charge is 0.466 e. The van der Waals surface area contributed by atoms with Gasteiger partial charge >= 0.3 is 18.3 Å². The van der Waals surface area contributed by atoms with Gasteiger partial charge in [-0.25, -0.2) is 4.39 Å². The van der Waals surface area contributed by atoms with E-state index in [0.29, 0.717) is 12.1 Å². The molecule has 0 spiro atoms. The molecule has 13 heteroatoms. The van der Waals surface area contributed by atoms with E-state index in [0.717, 1.165) is 12.3 Å². The van der Waals surface area contributed by atoms with Crippen LogP contribution in [0.2, 0.25) is 5.02 Å². The number of aromatic nitrogens is 1. The molecule has 0 amide bonds. The minimum Gasteiger partial charge on any atom is -0.466 e. The molecule has 0 radical (unpaired) electrons.